The first-order valence-corrected chi connectivity index (χ1v) is 6.57. The van der Waals surface area contributed by atoms with Gasteiger partial charge in [-0.05, 0) is 37.5 Å². The Labute approximate surface area is 108 Å². The molecular formula is C14H21N3O. The fourth-order valence-corrected chi connectivity index (χ4v) is 2.46. The number of amides is 2. The van der Waals surface area contributed by atoms with Gasteiger partial charge < -0.3 is 15.5 Å². The lowest BCUT2D eigenvalue weighted by molar-refractivity contribution is 0.152. The molecule has 4 nitrogen and oxygen atoms in total. The molecule has 0 aliphatic carbocycles. The fraction of sp³-hybridized carbons (Fsp3) is 0.500. The van der Waals surface area contributed by atoms with Crippen molar-refractivity contribution in [2.24, 2.45) is 0 Å². The summed E-state index contributed by atoms with van der Waals surface area (Å²) in [6.45, 7) is 6.94. The molecule has 1 heterocycles. The lowest BCUT2D eigenvalue weighted by Gasteiger charge is -2.33. The number of urea groups is 1. The predicted molar refractivity (Wildman–Crippen MR) is 73.3 cm³/mol. The molecule has 0 bridgehead atoms. The topological polar surface area (TPSA) is 49.6 Å². The van der Waals surface area contributed by atoms with Crippen molar-refractivity contribution in [3.05, 3.63) is 29.3 Å². The predicted octanol–water partition coefficient (Wildman–Crippen LogP) is 2.09. The minimum atomic E-state index is 0.119. The molecule has 0 aromatic heterocycles. The number of nitrogen functional groups attached to an aromatic ring is 1. The number of benzene rings is 1. The van der Waals surface area contributed by atoms with Gasteiger partial charge >= 0.3 is 6.03 Å². The van der Waals surface area contributed by atoms with E-state index in [-0.39, 0.29) is 6.03 Å². The van der Waals surface area contributed by atoms with Crippen molar-refractivity contribution in [2.45, 2.75) is 26.8 Å². The maximum absolute atomic E-state index is 12.3. The minimum absolute atomic E-state index is 0.119. The molecule has 0 spiro atoms. The maximum Gasteiger partial charge on any atom is 0.320 e. The van der Waals surface area contributed by atoms with Crippen molar-refractivity contribution in [1.82, 2.24) is 9.80 Å². The zero-order chi connectivity index (χ0) is 13.1. The van der Waals surface area contributed by atoms with Gasteiger partial charge in [0, 0.05) is 31.9 Å². The van der Waals surface area contributed by atoms with E-state index in [4.69, 9.17) is 5.73 Å². The Morgan fingerprint density at radius 1 is 1.39 bits per heavy atom. The molecule has 0 atom stereocenters. The number of hydrogen-bond acceptors (Lipinski definition) is 2. The third-order valence-corrected chi connectivity index (χ3v) is 3.61. The van der Waals surface area contributed by atoms with Crippen LogP contribution in [-0.2, 0) is 13.0 Å². The summed E-state index contributed by atoms with van der Waals surface area (Å²) in [7, 11) is 0. The Morgan fingerprint density at radius 2 is 2.11 bits per heavy atom. The van der Waals surface area contributed by atoms with E-state index < -0.39 is 0 Å². The summed E-state index contributed by atoms with van der Waals surface area (Å²) in [6, 6.07) is 6.11. The van der Waals surface area contributed by atoms with E-state index in [9.17, 15) is 4.79 Å². The van der Waals surface area contributed by atoms with Gasteiger partial charge in [-0.3, -0.25) is 0 Å². The van der Waals surface area contributed by atoms with Crippen molar-refractivity contribution in [3.8, 4) is 0 Å². The van der Waals surface area contributed by atoms with Crippen molar-refractivity contribution in [3.63, 3.8) is 0 Å². The highest BCUT2D eigenvalue weighted by Crippen LogP contribution is 2.24. The van der Waals surface area contributed by atoms with Gasteiger partial charge in [0.2, 0.25) is 0 Å². The van der Waals surface area contributed by atoms with Crippen LogP contribution in [-0.4, -0.2) is 35.5 Å². The third kappa shape index (κ3) is 2.28. The lowest BCUT2D eigenvalue weighted by Crippen LogP contribution is -2.45. The minimum Gasteiger partial charge on any atom is -0.398 e. The first-order valence-electron chi connectivity index (χ1n) is 6.57. The summed E-state index contributed by atoms with van der Waals surface area (Å²) in [4.78, 5) is 16.0. The first kappa shape index (κ1) is 12.7. The van der Waals surface area contributed by atoms with Crippen molar-refractivity contribution in [1.29, 1.82) is 0 Å². The number of nitrogens with two attached hydrogens (primary N) is 1. The monoisotopic (exact) mass is 247 g/mol. The number of carbonyl (C=O) groups excluding carboxylic acids is 1. The van der Waals surface area contributed by atoms with Gasteiger partial charge in [-0.2, -0.15) is 0 Å². The Kier molecular flexibility index (Phi) is 3.75. The van der Waals surface area contributed by atoms with E-state index in [1.807, 2.05) is 35.8 Å². The summed E-state index contributed by atoms with van der Waals surface area (Å²) in [5.41, 5.74) is 9.18. The van der Waals surface area contributed by atoms with Gasteiger partial charge in [0.15, 0.2) is 0 Å². The van der Waals surface area contributed by atoms with E-state index in [1.54, 1.807) is 0 Å². The molecule has 0 fully saturated rings. The second kappa shape index (κ2) is 5.29. The van der Waals surface area contributed by atoms with Crippen LogP contribution in [0.5, 0.6) is 0 Å². The Balaban J connectivity index is 2.17. The first-order chi connectivity index (χ1) is 8.67. The van der Waals surface area contributed by atoms with Crippen LogP contribution < -0.4 is 5.73 Å². The molecule has 0 radical (unpaired) electrons. The van der Waals surface area contributed by atoms with Crippen LogP contribution in [0.4, 0.5) is 10.5 Å². The zero-order valence-electron chi connectivity index (χ0n) is 11.1. The van der Waals surface area contributed by atoms with Crippen LogP contribution in [0.1, 0.15) is 25.0 Å². The van der Waals surface area contributed by atoms with Crippen molar-refractivity contribution >= 4 is 11.7 Å². The average molecular weight is 247 g/mol. The smallest absolute Gasteiger partial charge is 0.320 e. The summed E-state index contributed by atoms with van der Waals surface area (Å²) < 4.78 is 0. The standard InChI is InChI=1S/C14H21N3O/c1-3-16(4-2)14(18)17-9-8-11-6-5-7-13(15)12(11)10-17/h5-7H,3-4,8-10,15H2,1-2H3. The molecule has 2 N–H and O–H groups in total. The van der Waals surface area contributed by atoms with Crippen molar-refractivity contribution < 1.29 is 4.79 Å². The molecule has 18 heavy (non-hydrogen) atoms. The molecule has 0 unspecified atom stereocenters. The van der Waals surface area contributed by atoms with E-state index in [0.29, 0.717) is 6.54 Å². The quantitative estimate of drug-likeness (QED) is 0.813. The fourth-order valence-electron chi connectivity index (χ4n) is 2.46. The molecule has 98 valence electrons. The third-order valence-electron chi connectivity index (χ3n) is 3.61. The number of rotatable bonds is 2. The van der Waals surface area contributed by atoms with Gasteiger partial charge in [0.1, 0.15) is 0 Å². The van der Waals surface area contributed by atoms with E-state index in [1.165, 1.54) is 5.56 Å². The summed E-state index contributed by atoms with van der Waals surface area (Å²) in [6.07, 6.45) is 0.896. The molecule has 1 aromatic carbocycles. The van der Waals surface area contributed by atoms with Gasteiger partial charge in [-0.25, -0.2) is 4.79 Å². The van der Waals surface area contributed by atoms with E-state index >= 15 is 0 Å². The van der Waals surface area contributed by atoms with Crippen molar-refractivity contribution in [2.75, 3.05) is 25.4 Å². The lowest BCUT2D eigenvalue weighted by atomic mass is 9.98. The molecule has 1 aliphatic heterocycles. The maximum atomic E-state index is 12.3. The molecular weight excluding hydrogens is 226 g/mol. The van der Waals surface area contributed by atoms with Crippen LogP contribution in [0.15, 0.2) is 18.2 Å². The van der Waals surface area contributed by atoms with Crippen LogP contribution in [0, 0.1) is 0 Å². The van der Waals surface area contributed by atoms with E-state index in [2.05, 4.69) is 6.07 Å². The SMILES string of the molecule is CCN(CC)C(=O)N1CCc2cccc(N)c2C1. The largest absolute Gasteiger partial charge is 0.398 e. The summed E-state index contributed by atoms with van der Waals surface area (Å²) in [5.74, 6) is 0. The van der Waals surface area contributed by atoms with Crippen LogP contribution in [0.25, 0.3) is 0 Å². The second-order valence-electron chi connectivity index (χ2n) is 4.61. The van der Waals surface area contributed by atoms with Gasteiger partial charge in [-0.1, -0.05) is 12.1 Å². The Bertz CT molecular complexity index is 441. The average Bonchev–Trinajstić information content (AvgIpc) is 2.40. The highest BCUT2D eigenvalue weighted by Gasteiger charge is 2.24. The van der Waals surface area contributed by atoms with Crippen LogP contribution in [0.3, 0.4) is 0 Å². The number of fused-ring (bicyclic) bond motifs is 1. The molecule has 0 saturated heterocycles. The summed E-state index contributed by atoms with van der Waals surface area (Å²) in [5, 5.41) is 0. The number of nitrogens with zero attached hydrogens (tertiary/aromatic N) is 2. The second-order valence-corrected chi connectivity index (χ2v) is 4.61. The number of anilines is 1. The highest BCUT2D eigenvalue weighted by atomic mass is 16.2. The highest BCUT2D eigenvalue weighted by molar-refractivity contribution is 5.75. The molecule has 1 aliphatic rings. The molecule has 0 saturated carbocycles. The molecule has 2 amide bonds. The van der Waals surface area contributed by atoms with Crippen LogP contribution in [0.2, 0.25) is 0 Å². The van der Waals surface area contributed by atoms with Gasteiger partial charge in [-0.15, -0.1) is 0 Å². The summed E-state index contributed by atoms with van der Waals surface area (Å²) >= 11 is 0. The number of hydrogen-bond donors (Lipinski definition) is 1. The van der Waals surface area contributed by atoms with Crippen LogP contribution >= 0.6 is 0 Å². The zero-order valence-corrected chi connectivity index (χ0v) is 11.1. The molecule has 1 aromatic rings. The van der Waals surface area contributed by atoms with Gasteiger partial charge in [0.05, 0.1) is 0 Å². The number of carbonyl (C=O) groups is 1. The Morgan fingerprint density at radius 3 is 2.78 bits per heavy atom. The molecule has 4 heteroatoms. The van der Waals surface area contributed by atoms with Gasteiger partial charge in [0.25, 0.3) is 0 Å². The van der Waals surface area contributed by atoms with E-state index in [0.717, 1.165) is 37.3 Å². The Hall–Kier alpha value is -1.71. The normalized spacial score (nSPS) is 14.2. The molecule has 2 rings (SSSR count).